The van der Waals surface area contributed by atoms with Gasteiger partial charge in [-0.15, -0.1) is 0 Å². The van der Waals surface area contributed by atoms with E-state index in [-0.39, 0.29) is 0 Å². The van der Waals surface area contributed by atoms with Crippen molar-refractivity contribution in [2.45, 2.75) is 13.0 Å². The van der Waals surface area contributed by atoms with Crippen molar-refractivity contribution in [3.8, 4) is 0 Å². The Morgan fingerprint density at radius 3 is 2.33 bits per heavy atom. The van der Waals surface area contributed by atoms with E-state index < -0.39 is 18.0 Å². The van der Waals surface area contributed by atoms with Crippen molar-refractivity contribution in [1.29, 1.82) is 0 Å². The number of benzene rings is 1. The van der Waals surface area contributed by atoms with Crippen LogP contribution in [0.15, 0.2) is 30.3 Å². The fraction of sp³-hybridized carbons (Fsp3) is 0.200. The zero-order valence-corrected chi connectivity index (χ0v) is 8.73. The van der Waals surface area contributed by atoms with Crippen LogP contribution in [-0.4, -0.2) is 11.9 Å². The van der Waals surface area contributed by atoms with Gasteiger partial charge in [0.1, 0.15) is 11.9 Å². The normalized spacial score (nSPS) is 11.6. The van der Waals surface area contributed by atoms with Crippen molar-refractivity contribution in [3.05, 3.63) is 35.9 Å². The van der Waals surface area contributed by atoms with Crippen molar-refractivity contribution >= 4 is 23.8 Å². The number of ether oxygens (including phenoxy) is 1. The van der Waals surface area contributed by atoms with E-state index >= 15 is 0 Å². The van der Waals surface area contributed by atoms with Crippen LogP contribution in [0.2, 0.25) is 0 Å². The van der Waals surface area contributed by atoms with Crippen LogP contribution in [-0.2, 0) is 18.6 Å². The molecule has 0 amide bonds. The van der Waals surface area contributed by atoms with E-state index in [4.69, 9.17) is 16.6 Å². The molecule has 0 N–H and O–H groups in total. The lowest BCUT2D eigenvalue weighted by Crippen LogP contribution is -2.18. The summed E-state index contributed by atoms with van der Waals surface area (Å²) < 4.78 is 8.81. The summed E-state index contributed by atoms with van der Waals surface area (Å²) in [6.45, 7) is 1.21. The molecule has 0 aromatic heterocycles. The highest BCUT2D eigenvalue weighted by Gasteiger charge is 2.25. The average molecular weight is 229 g/mol. The van der Waals surface area contributed by atoms with Gasteiger partial charge in [0.2, 0.25) is 6.10 Å². The van der Waals surface area contributed by atoms with Crippen molar-refractivity contribution in [2.24, 2.45) is 0 Å². The molecule has 0 unspecified atom stereocenters. The molecule has 1 atom stereocenters. The fourth-order valence-electron chi connectivity index (χ4n) is 1.09. The quantitative estimate of drug-likeness (QED) is 0.743. The van der Waals surface area contributed by atoms with E-state index in [9.17, 15) is 9.59 Å². The lowest BCUT2D eigenvalue weighted by Gasteiger charge is -2.13. The van der Waals surface area contributed by atoms with Crippen molar-refractivity contribution in [1.82, 2.24) is 0 Å². The first kappa shape index (κ1) is 11.5. The van der Waals surface area contributed by atoms with E-state index in [1.54, 1.807) is 30.3 Å². The third-order valence-electron chi connectivity index (χ3n) is 1.68. The molecule has 0 heterocycles. The Hall–Kier alpha value is -1.55. The molecular weight excluding hydrogens is 220 g/mol. The Balaban J connectivity index is 2.91. The van der Waals surface area contributed by atoms with E-state index in [2.05, 4.69) is 4.29 Å². The number of rotatable bonds is 3. The van der Waals surface area contributed by atoms with E-state index in [1.165, 1.54) is 6.92 Å². The van der Waals surface area contributed by atoms with Crippen molar-refractivity contribution in [2.75, 3.05) is 0 Å². The minimum absolute atomic E-state index is 0.512. The van der Waals surface area contributed by atoms with Gasteiger partial charge in [-0.25, -0.2) is 4.79 Å². The molecule has 1 aromatic carbocycles. The van der Waals surface area contributed by atoms with E-state index in [1.807, 2.05) is 0 Å². The van der Waals surface area contributed by atoms with Crippen LogP contribution in [0.3, 0.4) is 0 Å². The fourth-order valence-corrected chi connectivity index (χ4v) is 1.17. The molecule has 1 rings (SSSR count). The van der Waals surface area contributed by atoms with Gasteiger partial charge in [-0.2, -0.15) is 0 Å². The van der Waals surface area contributed by atoms with Crippen molar-refractivity contribution < 1.29 is 18.6 Å². The Kier molecular flexibility index (Phi) is 4.12. The van der Waals surface area contributed by atoms with E-state index in [0.717, 1.165) is 0 Å². The molecule has 0 bridgehead atoms. The van der Waals surface area contributed by atoms with Gasteiger partial charge in [-0.3, -0.25) is 4.79 Å². The highest BCUT2D eigenvalue weighted by Crippen LogP contribution is 2.19. The maximum Gasteiger partial charge on any atom is 0.370 e. The summed E-state index contributed by atoms with van der Waals surface area (Å²) in [4.78, 5) is 22.0. The summed E-state index contributed by atoms with van der Waals surface area (Å²) in [6.07, 6.45) is -1.11. The minimum Gasteiger partial charge on any atom is -0.445 e. The molecule has 0 aliphatic rings. The molecule has 0 radical (unpaired) electrons. The van der Waals surface area contributed by atoms with Crippen LogP contribution in [0.25, 0.3) is 0 Å². The Bertz CT molecular complexity index is 350. The number of carbonyl (C=O) groups is 2. The monoisotopic (exact) mass is 228 g/mol. The predicted octanol–water partition coefficient (Wildman–Crippen LogP) is 1.99. The smallest absolute Gasteiger partial charge is 0.370 e. The number of carbonyl (C=O) groups excluding carboxylic acids is 2. The molecule has 0 aliphatic heterocycles. The largest absolute Gasteiger partial charge is 0.445 e. The van der Waals surface area contributed by atoms with E-state index in [0.29, 0.717) is 5.56 Å². The van der Waals surface area contributed by atoms with Gasteiger partial charge in [0, 0.05) is 12.5 Å². The van der Waals surface area contributed by atoms with Crippen LogP contribution < -0.4 is 0 Å². The average Bonchev–Trinajstić information content (AvgIpc) is 2.26. The second kappa shape index (κ2) is 5.36. The number of hydrogen-bond acceptors (Lipinski definition) is 4. The van der Waals surface area contributed by atoms with Gasteiger partial charge < -0.3 is 9.03 Å². The SMILES string of the molecule is CC(=O)O[C@@H](C(=O)OCl)c1ccccc1. The molecule has 0 aliphatic carbocycles. The Morgan fingerprint density at radius 1 is 1.27 bits per heavy atom. The number of esters is 1. The Morgan fingerprint density at radius 2 is 1.87 bits per heavy atom. The third kappa shape index (κ3) is 3.25. The standard InChI is InChI=1S/C10H9ClO4/c1-7(12)14-9(10(13)15-11)8-5-3-2-4-6-8/h2-6,9H,1H3/t9-/m1/s1. The maximum atomic E-state index is 11.2. The molecule has 0 fully saturated rings. The second-order valence-electron chi connectivity index (χ2n) is 2.80. The minimum atomic E-state index is -1.11. The summed E-state index contributed by atoms with van der Waals surface area (Å²) in [5.74, 6) is -1.40. The first-order valence-corrected chi connectivity index (χ1v) is 4.50. The predicted molar refractivity (Wildman–Crippen MR) is 52.9 cm³/mol. The third-order valence-corrected chi connectivity index (χ3v) is 1.83. The summed E-state index contributed by atoms with van der Waals surface area (Å²) >= 11 is 4.94. The molecule has 5 heteroatoms. The maximum absolute atomic E-state index is 11.2. The molecule has 0 saturated heterocycles. The molecule has 4 nitrogen and oxygen atoms in total. The second-order valence-corrected chi connectivity index (χ2v) is 2.95. The molecule has 0 spiro atoms. The van der Waals surface area contributed by atoms with Crippen LogP contribution in [0.5, 0.6) is 0 Å². The lowest BCUT2D eigenvalue weighted by molar-refractivity contribution is -0.161. The first-order valence-electron chi connectivity index (χ1n) is 4.19. The summed E-state index contributed by atoms with van der Waals surface area (Å²) in [5, 5.41) is 0. The highest BCUT2D eigenvalue weighted by atomic mass is 35.5. The summed E-state index contributed by atoms with van der Waals surface area (Å²) in [5.41, 5.74) is 0.512. The Labute approximate surface area is 91.9 Å². The van der Waals surface area contributed by atoms with Gasteiger partial charge in [-0.1, -0.05) is 30.3 Å². The zero-order valence-electron chi connectivity index (χ0n) is 7.98. The number of halogens is 1. The van der Waals surface area contributed by atoms with Gasteiger partial charge in [0.25, 0.3) is 0 Å². The molecule has 0 saturated carbocycles. The van der Waals surface area contributed by atoms with Gasteiger partial charge in [0.05, 0.1) is 0 Å². The van der Waals surface area contributed by atoms with Crippen molar-refractivity contribution in [3.63, 3.8) is 0 Å². The first-order chi connectivity index (χ1) is 7.15. The lowest BCUT2D eigenvalue weighted by atomic mass is 10.1. The molecule has 80 valence electrons. The summed E-state index contributed by atoms with van der Waals surface area (Å²) in [6, 6.07) is 8.49. The van der Waals surface area contributed by atoms with Crippen LogP contribution in [0.1, 0.15) is 18.6 Å². The highest BCUT2D eigenvalue weighted by molar-refractivity contribution is 6.13. The molecular formula is C10H9ClO4. The van der Waals surface area contributed by atoms with Gasteiger partial charge in [-0.05, 0) is 0 Å². The zero-order chi connectivity index (χ0) is 11.3. The number of hydrogen-bond donors (Lipinski definition) is 0. The van der Waals surface area contributed by atoms with Crippen LogP contribution in [0, 0.1) is 0 Å². The van der Waals surface area contributed by atoms with Crippen LogP contribution in [0.4, 0.5) is 0 Å². The molecule has 15 heavy (non-hydrogen) atoms. The molecule has 1 aromatic rings. The van der Waals surface area contributed by atoms with Gasteiger partial charge in [0.15, 0.2) is 0 Å². The van der Waals surface area contributed by atoms with Gasteiger partial charge >= 0.3 is 11.9 Å². The summed E-state index contributed by atoms with van der Waals surface area (Å²) in [7, 11) is 0. The van der Waals surface area contributed by atoms with Crippen LogP contribution >= 0.6 is 11.9 Å². The topological polar surface area (TPSA) is 52.6 Å².